The average molecular weight is 393 g/mol. The van der Waals surface area contributed by atoms with Crippen molar-refractivity contribution in [2.75, 3.05) is 13.1 Å². The number of nitrogens with zero attached hydrogens (tertiary/aromatic N) is 2. The van der Waals surface area contributed by atoms with Gasteiger partial charge in [-0.15, -0.1) is 0 Å². The van der Waals surface area contributed by atoms with E-state index in [-0.39, 0.29) is 0 Å². The molecule has 0 amide bonds. The standard InChI is InChI=1S/C26H52N2/c1-4-7-10-12-14-16-18-20-23-28-25-24-27(26(28)21-9-6-3)22-19-17-15-13-11-8-5-2/h24-26H,4-23H2,1-3H3. The monoisotopic (exact) mass is 392 g/mol. The first-order valence-electron chi connectivity index (χ1n) is 13.0. The molecule has 166 valence electrons. The van der Waals surface area contributed by atoms with Gasteiger partial charge in [-0.1, -0.05) is 111 Å². The van der Waals surface area contributed by atoms with Crippen LogP contribution in [0.1, 0.15) is 136 Å². The van der Waals surface area contributed by atoms with Crippen LogP contribution in [0.15, 0.2) is 12.4 Å². The van der Waals surface area contributed by atoms with Crippen molar-refractivity contribution in [2.24, 2.45) is 0 Å². The molecule has 1 heterocycles. The van der Waals surface area contributed by atoms with Gasteiger partial charge in [0.05, 0.1) is 0 Å². The van der Waals surface area contributed by atoms with Crippen LogP contribution in [0.25, 0.3) is 0 Å². The van der Waals surface area contributed by atoms with Crippen LogP contribution < -0.4 is 0 Å². The van der Waals surface area contributed by atoms with Gasteiger partial charge in [0.1, 0.15) is 6.17 Å². The summed E-state index contributed by atoms with van der Waals surface area (Å²) in [6, 6.07) is 0. The molecule has 1 rings (SSSR count). The predicted molar refractivity (Wildman–Crippen MR) is 126 cm³/mol. The molecule has 1 aliphatic heterocycles. The zero-order valence-corrected chi connectivity index (χ0v) is 19.8. The lowest BCUT2D eigenvalue weighted by molar-refractivity contribution is 0.136. The van der Waals surface area contributed by atoms with Gasteiger partial charge in [-0.2, -0.15) is 0 Å². The summed E-state index contributed by atoms with van der Waals surface area (Å²) in [5.41, 5.74) is 0. The zero-order valence-electron chi connectivity index (χ0n) is 19.8. The molecule has 1 atom stereocenters. The Kier molecular flexibility index (Phi) is 16.7. The SMILES string of the molecule is CCCCCCCCCCN1C=CN(CCCCCCCCC)C1CCCC. The van der Waals surface area contributed by atoms with Crippen molar-refractivity contribution in [1.82, 2.24) is 9.80 Å². The summed E-state index contributed by atoms with van der Waals surface area (Å²) in [6.45, 7) is 9.44. The van der Waals surface area contributed by atoms with Crippen LogP contribution in [0.3, 0.4) is 0 Å². The van der Waals surface area contributed by atoms with Gasteiger partial charge >= 0.3 is 0 Å². The van der Waals surface area contributed by atoms with Crippen LogP contribution in [0, 0.1) is 0 Å². The van der Waals surface area contributed by atoms with Gasteiger partial charge in [0, 0.05) is 25.5 Å². The Bertz CT molecular complexity index is 352. The van der Waals surface area contributed by atoms with E-state index in [1.165, 1.54) is 129 Å². The van der Waals surface area contributed by atoms with E-state index in [2.05, 4.69) is 43.0 Å². The normalized spacial score (nSPS) is 16.5. The summed E-state index contributed by atoms with van der Waals surface area (Å²) in [5.74, 6) is 0. The summed E-state index contributed by atoms with van der Waals surface area (Å²) >= 11 is 0. The van der Waals surface area contributed by atoms with Gasteiger partial charge in [-0.3, -0.25) is 0 Å². The van der Waals surface area contributed by atoms with Crippen molar-refractivity contribution >= 4 is 0 Å². The smallest absolute Gasteiger partial charge is 0.101 e. The molecular formula is C26H52N2. The quantitative estimate of drug-likeness (QED) is 0.192. The van der Waals surface area contributed by atoms with Crippen LogP contribution in [-0.2, 0) is 0 Å². The summed E-state index contributed by atoms with van der Waals surface area (Å²) in [7, 11) is 0. The highest BCUT2D eigenvalue weighted by atomic mass is 15.4. The second-order valence-electron chi connectivity index (χ2n) is 8.99. The minimum Gasteiger partial charge on any atom is -0.356 e. The fraction of sp³-hybridized carbons (Fsp3) is 0.923. The first kappa shape index (κ1) is 25.4. The summed E-state index contributed by atoms with van der Waals surface area (Å²) in [5, 5.41) is 0. The maximum atomic E-state index is 2.65. The zero-order chi connectivity index (χ0) is 20.3. The lowest BCUT2D eigenvalue weighted by atomic mass is 10.1. The van der Waals surface area contributed by atoms with Crippen LogP contribution in [-0.4, -0.2) is 29.1 Å². The van der Waals surface area contributed by atoms with Crippen molar-refractivity contribution in [3.8, 4) is 0 Å². The second kappa shape index (κ2) is 18.4. The Labute approximate surface area is 178 Å². The van der Waals surface area contributed by atoms with E-state index in [1.807, 2.05) is 0 Å². The number of rotatable bonds is 20. The molecule has 0 spiro atoms. The first-order chi connectivity index (χ1) is 13.8. The highest BCUT2D eigenvalue weighted by molar-refractivity contribution is 4.96. The summed E-state index contributed by atoms with van der Waals surface area (Å²) < 4.78 is 0. The molecule has 0 saturated heterocycles. The molecule has 0 N–H and O–H groups in total. The topological polar surface area (TPSA) is 6.48 Å². The van der Waals surface area contributed by atoms with Crippen molar-refractivity contribution < 1.29 is 0 Å². The third-order valence-electron chi connectivity index (χ3n) is 6.32. The molecule has 0 aromatic rings. The van der Waals surface area contributed by atoms with Gasteiger partial charge in [-0.05, 0) is 25.7 Å². The number of hydrogen-bond donors (Lipinski definition) is 0. The van der Waals surface area contributed by atoms with E-state index in [0.29, 0.717) is 6.17 Å². The fourth-order valence-corrected chi connectivity index (χ4v) is 4.41. The lowest BCUT2D eigenvalue weighted by Gasteiger charge is -2.33. The fourth-order valence-electron chi connectivity index (χ4n) is 4.41. The van der Waals surface area contributed by atoms with Gasteiger partial charge in [0.15, 0.2) is 0 Å². The van der Waals surface area contributed by atoms with E-state index in [4.69, 9.17) is 0 Å². The molecule has 0 aromatic carbocycles. The van der Waals surface area contributed by atoms with E-state index >= 15 is 0 Å². The summed E-state index contributed by atoms with van der Waals surface area (Å²) in [6.07, 6.45) is 30.6. The molecule has 0 saturated carbocycles. The Morgan fingerprint density at radius 2 is 0.821 bits per heavy atom. The van der Waals surface area contributed by atoms with Crippen molar-refractivity contribution in [3.63, 3.8) is 0 Å². The molecular weight excluding hydrogens is 340 g/mol. The summed E-state index contributed by atoms with van der Waals surface area (Å²) in [4.78, 5) is 5.29. The Morgan fingerprint density at radius 3 is 1.21 bits per heavy atom. The predicted octanol–water partition coefficient (Wildman–Crippen LogP) is 8.48. The maximum Gasteiger partial charge on any atom is 0.101 e. The molecule has 0 aliphatic carbocycles. The molecule has 2 nitrogen and oxygen atoms in total. The van der Waals surface area contributed by atoms with Gasteiger partial charge in [0.2, 0.25) is 0 Å². The van der Waals surface area contributed by atoms with E-state index in [0.717, 1.165) is 0 Å². The third-order valence-corrected chi connectivity index (χ3v) is 6.32. The van der Waals surface area contributed by atoms with E-state index in [9.17, 15) is 0 Å². The van der Waals surface area contributed by atoms with E-state index < -0.39 is 0 Å². The Morgan fingerprint density at radius 1 is 0.464 bits per heavy atom. The molecule has 0 fully saturated rings. The van der Waals surface area contributed by atoms with Crippen LogP contribution in [0.5, 0.6) is 0 Å². The highest BCUT2D eigenvalue weighted by Crippen LogP contribution is 2.23. The van der Waals surface area contributed by atoms with E-state index in [1.54, 1.807) is 0 Å². The van der Waals surface area contributed by atoms with Crippen LogP contribution in [0.2, 0.25) is 0 Å². The van der Waals surface area contributed by atoms with Crippen molar-refractivity contribution in [1.29, 1.82) is 0 Å². The average Bonchev–Trinajstić information content (AvgIpc) is 3.09. The minimum atomic E-state index is 0.643. The minimum absolute atomic E-state index is 0.643. The van der Waals surface area contributed by atoms with Gasteiger partial charge in [0.25, 0.3) is 0 Å². The third kappa shape index (κ3) is 12.0. The molecule has 1 unspecified atom stereocenters. The number of unbranched alkanes of at least 4 members (excludes halogenated alkanes) is 14. The van der Waals surface area contributed by atoms with Crippen molar-refractivity contribution in [2.45, 2.75) is 143 Å². The highest BCUT2D eigenvalue weighted by Gasteiger charge is 2.24. The largest absolute Gasteiger partial charge is 0.356 e. The molecule has 0 bridgehead atoms. The van der Waals surface area contributed by atoms with Crippen molar-refractivity contribution in [3.05, 3.63) is 12.4 Å². The van der Waals surface area contributed by atoms with Gasteiger partial charge in [-0.25, -0.2) is 0 Å². The van der Waals surface area contributed by atoms with Crippen LogP contribution in [0.4, 0.5) is 0 Å². The first-order valence-corrected chi connectivity index (χ1v) is 13.0. The molecule has 1 aliphatic rings. The Balaban J connectivity index is 2.18. The Hall–Kier alpha value is -0.660. The van der Waals surface area contributed by atoms with Crippen LogP contribution >= 0.6 is 0 Å². The molecule has 28 heavy (non-hydrogen) atoms. The maximum absolute atomic E-state index is 2.65. The molecule has 0 aromatic heterocycles. The lowest BCUT2D eigenvalue weighted by Crippen LogP contribution is -2.39. The number of hydrogen-bond acceptors (Lipinski definition) is 2. The molecule has 2 heteroatoms. The second-order valence-corrected chi connectivity index (χ2v) is 8.99. The molecule has 0 radical (unpaired) electrons. The van der Waals surface area contributed by atoms with Gasteiger partial charge < -0.3 is 9.80 Å².